The molecule has 0 saturated carbocycles. The highest BCUT2D eigenvalue weighted by Crippen LogP contribution is 2.26. The van der Waals surface area contributed by atoms with E-state index in [0.717, 1.165) is 35.8 Å². The van der Waals surface area contributed by atoms with Crippen molar-refractivity contribution in [2.75, 3.05) is 23.3 Å². The number of anilines is 2. The second-order valence-corrected chi connectivity index (χ2v) is 8.23. The molecule has 0 radical (unpaired) electrons. The Kier molecular flexibility index (Phi) is 5.36. The number of nitrogens with two attached hydrogens (primary N) is 1. The zero-order valence-electron chi connectivity index (χ0n) is 15.0. The monoisotopic (exact) mass is 413 g/mol. The lowest BCUT2D eigenvalue weighted by atomic mass is 9.97. The quantitative estimate of drug-likeness (QED) is 0.669. The van der Waals surface area contributed by atoms with Gasteiger partial charge in [0.2, 0.25) is 5.91 Å². The molecule has 28 heavy (non-hydrogen) atoms. The molecule has 9 heteroatoms. The van der Waals surface area contributed by atoms with E-state index in [2.05, 4.69) is 20.2 Å². The number of rotatable bonds is 5. The Bertz CT molecular complexity index is 969. The number of hydrogen-bond donors (Lipinski definition) is 2. The lowest BCUT2D eigenvalue weighted by Crippen LogP contribution is -2.41. The van der Waals surface area contributed by atoms with Gasteiger partial charge in [-0.1, -0.05) is 0 Å². The number of hydrogen-bond acceptors (Lipinski definition) is 7. The van der Waals surface area contributed by atoms with Crippen LogP contribution >= 0.6 is 22.7 Å². The van der Waals surface area contributed by atoms with Gasteiger partial charge in [-0.3, -0.25) is 9.59 Å². The van der Waals surface area contributed by atoms with Gasteiger partial charge in [-0.15, -0.1) is 11.3 Å². The van der Waals surface area contributed by atoms with Crippen LogP contribution in [-0.4, -0.2) is 34.9 Å². The van der Waals surface area contributed by atoms with E-state index in [9.17, 15) is 9.59 Å². The molecular weight excluding hydrogens is 394 g/mol. The Labute approximate surface area is 170 Å². The Morgan fingerprint density at radius 2 is 2.14 bits per heavy atom. The van der Waals surface area contributed by atoms with Crippen LogP contribution in [0.1, 0.15) is 23.3 Å². The number of thiazole rings is 1. The summed E-state index contributed by atoms with van der Waals surface area (Å²) in [5, 5.41) is 9.40. The van der Waals surface area contributed by atoms with E-state index in [4.69, 9.17) is 5.73 Å². The average molecular weight is 414 g/mol. The molecule has 0 bridgehead atoms. The summed E-state index contributed by atoms with van der Waals surface area (Å²) in [5.74, 6) is 0.104. The Morgan fingerprint density at radius 1 is 1.25 bits per heavy atom. The van der Waals surface area contributed by atoms with Crippen molar-refractivity contribution in [1.82, 2.24) is 9.97 Å². The van der Waals surface area contributed by atoms with Crippen molar-refractivity contribution in [3.05, 3.63) is 46.2 Å². The molecule has 1 aliphatic rings. The van der Waals surface area contributed by atoms with Gasteiger partial charge in [0.1, 0.15) is 16.5 Å². The molecule has 144 valence electrons. The third-order valence-corrected chi connectivity index (χ3v) is 6.23. The van der Waals surface area contributed by atoms with E-state index in [0.29, 0.717) is 17.9 Å². The summed E-state index contributed by atoms with van der Waals surface area (Å²) in [6, 6.07) is 5.63. The summed E-state index contributed by atoms with van der Waals surface area (Å²) in [4.78, 5) is 34.8. The third kappa shape index (κ3) is 4.05. The molecule has 0 aliphatic carbocycles. The number of pyridine rings is 1. The molecule has 7 nitrogen and oxygen atoms in total. The van der Waals surface area contributed by atoms with E-state index in [1.54, 1.807) is 29.0 Å². The van der Waals surface area contributed by atoms with Gasteiger partial charge in [-0.05, 0) is 36.4 Å². The number of carbonyl (C=O) groups is 2. The largest absolute Gasteiger partial charge is 0.369 e. The Balaban J connectivity index is 1.40. The van der Waals surface area contributed by atoms with Crippen LogP contribution in [0.15, 0.2) is 40.5 Å². The van der Waals surface area contributed by atoms with E-state index in [1.165, 1.54) is 11.3 Å². The Morgan fingerprint density at radius 3 is 2.86 bits per heavy atom. The zero-order valence-corrected chi connectivity index (χ0v) is 16.6. The zero-order chi connectivity index (χ0) is 19.5. The molecule has 4 rings (SSSR count). The van der Waals surface area contributed by atoms with Crippen LogP contribution in [0.4, 0.5) is 11.5 Å². The fraction of sp³-hybridized carbons (Fsp3) is 0.263. The van der Waals surface area contributed by atoms with E-state index in [1.807, 2.05) is 22.9 Å². The first-order valence-electron chi connectivity index (χ1n) is 8.90. The highest BCUT2D eigenvalue weighted by atomic mass is 32.1. The molecule has 1 fully saturated rings. The van der Waals surface area contributed by atoms with Crippen molar-refractivity contribution in [2.45, 2.75) is 12.8 Å². The number of carbonyl (C=O) groups excluding carboxylic acids is 2. The summed E-state index contributed by atoms with van der Waals surface area (Å²) in [7, 11) is 0. The first-order valence-corrected chi connectivity index (χ1v) is 10.7. The predicted octanol–water partition coefficient (Wildman–Crippen LogP) is 3.22. The van der Waals surface area contributed by atoms with Gasteiger partial charge in [0, 0.05) is 29.4 Å². The average Bonchev–Trinajstić information content (AvgIpc) is 3.40. The summed E-state index contributed by atoms with van der Waals surface area (Å²) in [6.45, 7) is 1.42. The van der Waals surface area contributed by atoms with Crippen LogP contribution in [0, 0.1) is 5.92 Å². The third-order valence-electron chi connectivity index (χ3n) is 4.66. The minimum atomic E-state index is -0.265. The fourth-order valence-electron chi connectivity index (χ4n) is 3.16. The fourth-order valence-corrected chi connectivity index (χ4v) is 4.67. The van der Waals surface area contributed by atoms with Gasteiger partial charge >= 0.3 is 0 Å². The molecule has 3 aromatic rings. The van der Waals surface area contributed by atoms with Crippen molar-refractivity contribution in [1.29, 1.82) is 0 Å². The maximum absolute atomic E-state index is 12.4. The normalized spacial score (nSPS) is 16.7. The molecule has 0 aromatic carbocycles. The number of thiophene rings is 1. The highest BCUT2D eigenvalue weighted by molar-refractivity contribution is 7.14. The summed E-state index contributed by atoms with van der Waals surface area (Å²) in [6.07, 6.45) is 3.35. The minimum absolute atomic E-state index is 0.142. The second-order valence-electron chi connectivity index (χ2n) is 6.60. The first-order chi connectivity index (χ1) is 13.6. The number of nitrogens with one attached hydrogen (secondary N) is 1. The van der Waals surface area contributed by atoms with E-state index < -0.39 is 0 Å². The highest BCUT2D eigenvalue weighted by Gasteiger charge is 2.24. The van der Waals surface area contributed by atoms with Crippen molar-refractivity contribution < 1.29 is 9.59 Å². The second kappa shape index (κ2) is 8.07. The summed E-state index contributed by atoms with van der Waals surface area (Å²) >= 11 is 3.04. The van der Waals surface area contributed by atoms with Gasteiger partial charge in [0.05, 0.1) is 17.8 Å². The molecule has 1 saturated heterocycles. The van der Waals surface area contributed by atoms with Crippen LogP contribution in [0.25, 0.3) is 10.6 Å². The lowest BCUT2D eigenvalue weighted by molar-refractivity contribution is -0.122. The minimum Gasteiger partial charge on any atom is -0.369 e. The Hall–Kier alpha value is -2.78. The molecule has 3 aromatic heterocycles. The first kappa shape index (κ1) is 18.6. The van der Waals surface area contributed by atoms with Crippen molar-refractivity contribution in [3.63, 3.8) is 0 Å². The summed E-state index contributed by atoms with van der Waals surface area (Å²) < 4.78 is 0. The maximum atomic E-state index is 12.4. The molecule has 4 heterocycles. The smallest absolute Gasteiger partial charge is 0.275 e. The molecule has 1 aliphatic heterocycles. The van der Waals surface area contributed by atoms with Crippen LogP contribution in [0.5, 0.6) is 0 Å². The molecule has 0 spiro atoms. The maximum Gasteiger partial charge on any atom is 0.275 e. The van der Waals surface area contributed by atoms with E-state index in [-0.39, 0.29) is 17.7 Å². The van der Waals surface area contributed by atoms with Gasteiger partial charge in [-0.25, -0.2) is 9.97 Å². The van der Waals surface area contributed by atoms with Gasteiger partial charge in [0.25, 0.3) is 5.91 Å². The predicted molar refractivity (Wildman–Crippen MR) is 112 cm³/mol. The van der Waals surface area contributed by atoms with Crippen LogP contribution < -0.4 is 16.0 Å². The molecule has 1 atom stereocenters. The molecular formula is C19H19N5O2S2. The van der Waals surface area contributed by atoms with Gasteiger partial charge < -0.3 is 16.0 Å². The topological polar surface area (TPSA) is 101 Å². The molecule has 2 amide bonds. The van der Waals surface area contributed by atoms with Crippen LogP contribution in [0.3, 0.4) is 0 Å². The molecule has 3 N–H and O–H groups in total. The summed E-state index contributed by atoms with van der Waals surface area (Å²) in [5.41, 5.74) is 7.44. The molecule has 1 unspecified atom stereocenters. The van der Waals surface area contributed by atoms with Crippen molar-refractivity contribution in [2.24, 2.45) is 11.7 Å². The van der Waals surface area contributed by atoms with Crippen LogP contribution in [-0.2, 0) is 4.79 Å². The van der Waals surface area contributed by atoms with Crippen LogP contribution in [0.2, 0.25) is 0 Å². The number of piperidine rings is 1. The van der Waals surface area contributed by atoms with Gasteiger partial charge in [0.15, 0.2) is 0 Å². The van der Waals surface area contributed by atoms with Crippen molar-refractivity contribution >= 4 is 46.0 Å². The van der Waals surface area contributed by atoms with Crippen molar-refractivity contribution in [3.8, 4) is 10.6 Å². The lowest BCUT2D eigenvalue weighted by Gasteiger charge is -2.32. The number of nitrogens with zero attached hydrogens (tertiary/aromatic N) is 3. The van der Waals surface area contributed by atoms with E-state index >= 15 is 0 Å². The number of primary amides is 1. The SMILES string of the molecule is NC(=O)C1CCCN(c2ccc(NC(=O)c3csc(-c4ccsc4)n3)cn2)C1. The number of amides is 2. The van der Waals surface area contributed by atoms with Gasteiger partial charge in [-0.2, -0.15) is 11.3 Å². The number of aromatic nitrogens is 2. The standard InChI is InChI=1S/C19H19N5O2S2/c20-17(25)12-2-1-6-24(9-12)16-4-3-14(8-21-16)22-18(26)15-11-28-19(23-15)13-5-7-27-10-13/h3-5,7-8,10-12H,1-2,6,9H2,(H2,20,25)(H,22,26).